The number of nitrogens with zero attached hydrogens (tertiary/aromatic N) is 1. The lowest BCUT2D eigenvalue weighted by atomic mass is 10.1. The Morgan fingerprint density at radius 2 is 2.42 bits per heavy atom. The maximum atomic E-state index is 12.1. The molecule has 0 fully saturated rings. The zero-order valence-electron chi connectivity index (χ0n) is 13.5. The monoisotopic (exact) mass is 349 g/mol. The van der Waals surface area contributed by atoms with Crippen LogP contribution in [-0.4, -0.2) is 42.5 Å². The van der Waals surface area contributed by atoms with E-state index in [0.717, 1.165) is 16.5 Å². The van der Waals surface area contributed by atoms with Crippen LogP contribution in [0.3, 0.4) is 0 Å². The molecule has 7 heteroatoms. The summed E-state index contributed by atoms with van der Waals surface area (Å²) in [6.45, 7) is 3.51. The molecule has 2 aromatic rings. The van der Waals surface area contributed by atoms with Crippen molar-refractivity contribution in [2.45, 2.75) is 25.9 Å². The van der Waals surface area contributed by atoms with Crippen LogP contribution in [0.4, 0.5) is 0 Å². The van der Waals surface area contributed by atoms with Crippen molar-refractivity contribution in [2.75, 3.05) is 19.8 Å². The highest BCUT2D eigenvalue weighted by molar-refractivity contribution is 6.39. The third kappa shape index (κ3) is 3.88. The van der Waals surface area contributed by atoms with Crippen LogP contribution in [0.1, 0.15) is 18.9 Å². The van der Waals surface area contributed by atoms with Gasteiger partial charge in [-0.15, -0.1) is 0 Å². The molecule has 128 valence electrons. The molecule has 2 heterocycles. The Kier molecular flexibility index (Phi) is 5.37. The Morgan fingerprint density at radius 1 is 1.54 bits per heavy atom. The summed E-state index contributed by atoms with van der Waals surface area (Å²) in [5.74, 6) is -0.188. The Bertz CT molecular complexity index is 757. The van der Waals surface area contributed by atoms with E-state index in [1.54, 1.807) is 0 Å². The summed E-state index contributed by atoms with van der Waals surface area (Å²) < 4.78 is 5.28. The number of oxime groups is 1. The number of hydrogen-bond donors (Lipinski definition) is 2. The van der Waals surface area contributed by atoms with Crippen LogP contribution in [0.25, 0.3) is 10.9 Å². The highest BCUT2D eigenvalue weighted by Crippen LogP contribution is 2.22. The number of fused-ring (bicyclic) bond motifs is 1. The molecule has 1 aromatic carbocycles. The number of rotatable bonds is 7. The topological polar surface area (TPSA) is 75.7 Å². The number of halogens is 1. The van der Waals surface area contributed by atoms with Gasteiger partial charge in [0, 0.05) is 41.7 Å². The number of benzene rings is 1. The van der Waals surface area contributed by atoms with Crippen LogP contribution >= 0.6 is 11.6 Å². The summed E-state index contributed by atoms with van der Waals surface area (Å²) in [4.78, 5) is 20.5. The first-order valence-electron chi connectivity index (χ1n) is 8.01. The van der Waals surface area contributed by atoms with Gasteiger partial charge in [0.05, 0.1) is 6.61 Å². The minimum absolute atomic E-state index is 0.165. The van der Waals surface area contributed by atoms with Gasteiger partial charge in [0.15, 0.2) is 6.10 Å². The van der Waals surface area contributed by atoms with Gasteiger partial charge in [-0.25, -0.2) is 0 Å². The summed E-state index contributed by atoms with van der Waals surface area (Å²) in [6, 6.07) is 5.73. The molecule has 0 bridgehead atoms. The zero-order valence-corrected chi connectivity index (χ0v) is 14.2. The van der Waals surface area contributed by atoms with Gasteiger partial charge in [0.1, 0.15) is 5.71 Å². The molecule has 1 aliphatic heterocycles. The first-order chi connectivity index (χ1) is 11.7. The van der Waals surface area contributed by atoms with Gasteiger partial charge in [-0.3, -0.25) is 4.79 Å². The van der Waals surface area contributed by atoms with Gasteiger partial charge in [0.25, 0.3) is 5.91 Å². The molecule has 0 radical (unpaired) electrons. The molecule has 1 atom stereocenters. The number of aromatic nitrogens is 1. The molecular weight excluding hydrogens is 330 g/mol. The molecule has 2 N–H and O–H groups in total. The Balaban J connectivity index is 1.49. The van der Waals surface area contributed by atoms with Crippen molar-refractivity contribution in [1.82, 2.24) is 10.3 Å². The van der Waals surface area contributed by atoms with E-state index < -0.39 is 0 Å². The molecule has 0 saturated heterocycles. The van der Waals surface area contributed by atoms with Crippen molar-refractivity contribution >= 4 is 34.1 Å². The number of nitrogens with one attached hydrogen (secondary N) is 2. The SMILES string of the molecule is CCOCC1CC(C(=O)NCCc2c[nH]c3ccc(Cl)cc23)=NO1. The summed E-state index contributed by atoms with van der Waals surface area (Å²) in [7, 11) is 0. The second-order valence-electron chi connectivity index (χ2n) is 5.64. The molecule has 1 aromatic heterocycles. The molecule has 1 amide bonds. The predicted octanol–water partition coefficient (Wildman–Crippen LogP) is 2.66. The first-order valence-corrected chi connectivity index (χ1v) is 8.39. The van der Waals surface area contributed by atoms with Crippen molar-refractivity contribution in [3.63, 3.8) is 0 Å². The molecule has 1 aliphatic rings. The van der Waals surface area contributed by atoms with Crippen molar-refractivity contribution in [1.29, 1.82) is 0 Å². The summed E-state index contributed by atoms with van der Waals surface area (Å²) >= 11 is 6.04. The van der Waals surface area contributed by atoms with E-state index >= 15 is 0 Å². The lowest BCUT2D eigenvalue weighted by Crippen LogP contribution is -2.32. The third-order valence-electron chi connectivity index (χ3n) is 3.91. The lowest BCUT2D eigenvalue weighted by molar-refractivity contribution is -0.114. The highest BCUT2D eigenvalue weighted by Gasteiger charge is 2.25. The van der Waals surface area contributed by atoms with Crippen LogP contribution in [0, 0.1) is 0 Å². The molecule has 3 rings (SSSR count). The normalized spacial score (nSPS) is 16.9. The van der Waals surface area contributed by atoms with Crippen LogP contribution in [0.15, 0.2) is 29.6 Å². The first kappa shape index (κ1) is 16.8. The van der Waals surface area contributed by atoms with Gasteiger partial charge < -0.3 is 19.9 Å². The number of H-pyrrole nitrogens is 1. The summed E-state index contributed by atoms with van der Waals surface area (Å²) in [6.07, 6.45) is 2.97. The van der Waals surface area contributed by atoms with E-state index in [1.807, 2.05) is 31.3 Å². The second-order valence-corrected chi connectivity index (χ2v) is 6.08. The second kappa shape index (κ2) is 7.68. The number of aromatic amines is 1. The van der Waals surface area contributed by atoms with Crippen molar-refractivity contribution < 1.29 is 14.4 Å². The third-order valence-corrected chi connectivity index (χ3v) is 4.15. The summed E-state index contributed by atoms with van der Waals surface area (Å²) in [5.41, 5.74) is 2.57. The average molecular weight is 350 g/mol. The Morgan fingerprint density at radius 3 is 3.25 bits per heavy atom. The number of hydrogen-bond acceptors (Lipinski definition) is 4. The largest absolute Gasteiger partial charge is 0.389 e. The molecule has 24 heavy (non-hydrogen) atoms. The molecular formula is C17H20ClN3O3. The maximum Gasteiger partial charge on any atom is 0.269 e. The molecule has 0 aliphatic carbocycles. The van der Waals surface area contributed by atoms with Crippen molar-refractivity contribution in [3.05, 3.63) is 35.0 Å². The summed E-state index contributed by atoms with van der Waals surface area (Å²) in [5, 5.41) is 8.51. The van der Waals surface area contributed by atoms with Crippen LogP contribution in [0.2, 0.25) is 5.02 Å². The Hall–Kier alpha value is -2.05. The molecule has 1 unspecified atom stereocenters. The van der Waals surface area contributed by atoms with E-state index in [-0.39, 0.29) is 12.0 Å². The average Bonchev–Trinajstić information content (AvgIpc) is 3.20. The van der Waals surface area contributed by atoms with Gasteiger partial charge in [-0.2, -0.15) is 0 Å². The fraction of sp³-hybridized carbons (Fsp3) is 0.412. The fourth-order valence-electron chi connectivity index (χ4n) is 2.67. The van der Waals surface area contributed by atoms with Crippen LogP contribution in [0.5, 0.6) is 0 Å². The van der Waals surface area contributed by atoms with E-state index in [0.29, 0.717) is 43.3 Å². The molecule has 6 nitrogen and oxygen atoms in total. The minimum Gasteiger partial charge on any atom is -0.389 e. The number of carbonyl (C=O) groups is 1. The van der Waals surface area contributed by atoms with E-state index in [2.05, 4.69) is 15.5 Å². The zero-order chi connectivity index (χ0) is 16.9. The Labute approximate surface area is 145 Å². The minimum atomic E-state index is -0.188. The molecule has 0 saturated carbocycles. The van der Waals surface area contributed by atoms with E-state index in [1.165, 1.54) is 0 Å². The maximum absolute atomic E-state index is 12.1. The van der Waals surface area contributed by atoms with Crippen LogP contribution in [-0.2, 0) is 20.8 Å². The molecule has 0 spiro atoms. The fourth-order valence-corrected chi connectivity index (χ4v) is 2.84. The highest BCUT2D eigenvalue weighted by atomic mass is 35.5. The van der Waals surface area contributed by atoms with Crippen LogP contribution < -0.4 is 5.32 Å². The quantitative estimate of drug-likeness (QED) is 0.806. The van der Waals surface area contributed by atoms with Gasteiger partial charge >= 0.3 is 0 Å². The van der Waals surface area contributed by atoms with Gasteiger partial charge in [-0.1, -0.05) is 16.8 Å². The van der Waals surface area contributed by atoms with Gasteiger partial charge in [-0.05, 0) is 37.1 Å². The van der Waals surface area contributed by atoms with Crippen molar-refractivity contribution in [2.24, 2.45) is 5.16 Å². The smallest absolute Gasteiger partial charge is 0.269 e. The number of ether oxygens (including phenoxy) is 1. The number of amides is 1. The van der Waals surface area contributed by atoms with Gasteiger partial charge in [0.2, 0.25) is 0 Å². The number of carbonyl (C=O) groups excluding carboxylic acids is 1. The van der Waals surface area contributed by atoms with Crippen molar-refractivity contribution in [3.8, 4) is 0 Å². The predicted molar refractivity (Wildman–Crippen MR) is 93.4 cm³/mol. The van der Waals surface area contributed by atoms with E-state index in [4.69, 9.17) is 21.2 Å². The van der Waals surface area contributed by atoms with E-state index in [9.17, 15) is 4.79 Å². The standard InChI is InChI=1S/C17H20ClN3O3/c1-2-23-10-13-8-16(21-24-13)17(22)19-6-5-11-9-20-15-4-3-12(18)7-14(11)15/h3-4,7,9,13,20H,2,5-6,8,10H2,1H3,(H,19,22). The lowest BCUT2D eigenvalue weighted by Gasteiger charge is -2.07.